The summed E-state index contributed by atoms with van der Waals surface area (Å²) >= 11 is 13.0. The first-order valence-corrected chi connectivity index (χ1v) is 12.7. The van der Waals surface area contributed by atoms with Gasteiger partial charge in [0.25, 0.3) is 5.91 Å². The van der Waals surface area contributed by atoms with Crippen LogP contribution in [0.3, 0.4) is 0 Å². The molecule has 1 aliphatic rings. The molecule has 1 saturated carbocycles. The zero-order chi connectivity index (χ0) is 24.8. The van der Waals surface area contributed by atoms with Crippen molar-refractivity contribution in [2.45, 2.75) is 44.4 Å². The molecule has 11 heteroatoms. The number of hydrogen-bond acceptors (Lipinski definition) is 5. The molecule has 1 aliphatic carbocycles. The van der Waals surface area contributed by atoms with Crippen molar-refractivity contribution in [3.8, 4) is 5.75 Å². The summed E-state index contributed by atoms with van der Waals surface area (Å²) in [6, 6.07) is 10.0. The molecule has 2 aromatic carbocycles. The lowest BCUT2D eigenvalue weighted by molar-refractivity contribution is 0.0911. The highest BCUT2D eigenvalue weighted by atomic mass is 35.5. The Hall–Kier alpha value is -2.88. The number of nitrogens with one attached hydrogen (secondary N) is 3. The van der Waals surface area contributed by atoms with Crippen molar-refractivity contribution in [1.29, 1.82) is 0 Å². The number of aromatic nitrogens is 1. The fraction of sp³-hybridized carbons (Fsp3) is 0.292. The van der Waals surface area contributed by atoms with Crippen molar-refractivity contribution in [3.05, 3.63) is 74.4 Å². The first kappa shape index (κ1) is 25.2. The predicted molar refractivity (Wildman–Crippen MR) is 135 cm³/mol. The highest BCUT2D eigenvalue weighted by Gasteiger charge is 2.29. The van der Waals surface area contributed by atoms with Gasteiger partial charge in [-0.15, -0.1) is 11.3 Å². The second-order valence-electron chi connectivity index (χ2n) is 8.07. The quantitative estimate of drug-likeness (QED) is 0.343. The molecule has 1 fully saturated rings. The van der Waals surface area contributed by atoms with Crippen LogP contribution in [0.5, 0.6) is 5.75 Å². The third-order valence-electron chi connectivity index (χ3n) is 5.54. The van der Waals surface area contributed by atoms with Gasteiger partial charge in [-0.1, -0.05) is 36.0 Å². The maximum Gasteiger partial charge on any atom is 0.319 e. The Morgan fingerprint density at radius 3 is 2.49 bits per heavy atom. The summed E-state index contributed by atoms with van der Waals surface area (Å²) in [4.78, 5) is 29.7. The summed E-state index contributed by atoms with van der Waals surface area (Å²) in [6.45, 7) is 0.237. The zero-order valence-corrected chi connectivity index (χ0v) is 20.9. The van der Waals surface area contributed by atoms with Crippen molar-refractivity contribution < 1.29 is 18.7 Å². The van der Waals surface area contributed by atoms with Crippen molar-refractivity contribution >= 4 is 52.2 Å². The number of hydrogen-bond donors (Lipinski definition) is 3. The predicted octanol–water partition coefficient (Wildman–Crippen LogP) is 6.03. The number of carbonyl (C=O) groups excluding carboxylic acids is 2. The second-order valence-corrected chi connectivity index (χ2v) is 9.85. The van der Waals surface area contributed by atoms with Crippen LogP contribution in [-0.2, 0) is 6.61 Å². The lowest BCUT2D eigenvalue weighted by atomic mass is 9.90. The van der Waals surface area contributed by atoms with Gasteiger partial charge in [0, 0.05) is 22.1 Å². The van der Waals surface area contributed by atoms with E-state index in [1.54, 1.807) is 29.6 Å². The third-order valence-corrected chi connectivity index (χ3v) is 6.90. The molecule has 7 nitrogen and oxygen atoms in total. The van der Waals surface area contributed by atoms with Crippen LogP contribution in [0.1, 0.15) is 41.2 Å². The van der Waals surface area contributed by atoms with E-state index in [-0.39, 0.29) is 29.6 Å². The van der Waals surface area contributed by atoms with Crippen molar-refractivity contribution in [2.75, 3.05) is 5.32 Å². The molecule has 3 N–H and O–H groups in total. The van der Waals surface area contributed by atoms with Crippen LogP contribution in [0.15, 0.2) is 47.8 Å². The molecular formula is C24H23Cl2FN4O3S. The van der Waals surface area contributed by atoms with Gasteiger partial charge in [-0.05, 0) is 55.3 Å². The maximum atomic E-state index is 13.3. The first-order valence-electron chi connectivity index (χ1n) is 11.0. The highest BCUT2D eigenvalue weighted by molar-refractivity contribution is 7.09. The summed E-state index contributed by atoms with van der Waals surface area (Å²) in [5.74, 6) is -0.203. The molecule has 3 aromatic rings. The Morgan fingerprint density at radius 2 is 1.77 bits per heavy atom. The van der Waals surface area contributed by atoms with Gasteiger partial charge in [-0.25, -0.2) is 14.2 Å². The Balaban J connectivity index is 1.31. The van der Waals surface area contributed by atoms with Crippen LogP contribution >= 0.6 is 34.5 Å². The summed E-state index contributed by atoms with van der Waals surface area (Å²) in [5, 5.41) is 11.5. The van der Waals surface area contributed by atoms with E-state index in [4.69, 9.17) is 27.9 Å². The first-order chi connectivity index (χ1) is 16.9. The number of rotatable bonds is 7. The number of urea groups is 1. The van der Waals surface area contributed by atoms with Gasteiger partial charge in [0.15, 0.2) is 0 Å². The molecule has 0 bridgehead atoms. The summed E-state index contributed by atoms with van der Waals surface area (Å²) in [6.07, 6.45) is 3.33. The largest absolute Gasteiger partial charge is 0.486 e. The fourth-order valence-corrected chi connectivity index (χ4v) is 4.78. The lowest BCUT2D eigenvalue weighted by Gasteiger charge is -2.32. The monoisotopic (exact) mass is 536 g/mol. The maximum absolute atomic E-state index is 13.3. The van der Waals surface area contributed by atoms with Crippen LogP contribution in [-0.4, -0.2) is 29.0 Å². The lowest BCUT2D eigenvalue weighted by Crippen LogP contribution is -2.54. The van der Waals surface area contributed by atoms with E-state index < -0.39 is 11.8 Å². The van der Waals surface area contributed by atoms with Crippen molar-refractivity contribution in [1.82, 2.24) is 15.6 Å². The van der Waals surface area contributed by atoms with Gasteiger partial charge in [-0.2, -0.15) is 0 Å². The van der Waals surface area contributed by atoms with Crippen LogP contribution in [0.4, 0.5) is 14.9 Å². The molecular weight excluding hydrogens is 514 g/mol. The number of halogens is 3. The Labute approximate surface area is 216 Å². The van der Waals surface area contributed by atoms with E-state index in [9.17, 15) is 14.0 Å². The van der Waals surface area contributed by atoms with Crippen LogP contribution in [0.25, 0.3) is 0 Å². The SMILES string of the molecule is O=C(Nc1ccc(F)c(Cl)c1)NC1CCCCC1NC(=O)c1csc(COc2ccc(Cl)cc2)n1. The number of anilines is 1. The van der Waals surface area contributed by atoms with Gasteiger partial charge in [-0.3, -0.25) is 4.79 Å². The van der Waals surface area contributed by atoms with E-state index in [1.807, 2.05) is 0 Å². The van der Waals surface area contributed by atoms with Gasteiger partial charge in [0.05, 0.1) is 11.1 Å². The molecule has 0 saturated heterocycles. The molecule has 1 heterocycles. The fourth-order valence-electron chi connectivity index (χ4n) is 3.79. The minimum atomic E-state index is -0.561. The molecule has 0 radical (unpaired) electrons. The summed E-state index contributed by atoms with van der Waals surface area (Å²) in [7, 11) is 0. The number of nitrogens with zero attached hydrogens (tertiary/aromatic N) is 1. The van der Waals surface area contributed by atoms with Gasteiger partial charge < -0.3 is 20.7 Å². The average molecular weight is 537 g/mol. The Morgan fingerprint density at radius 1 is 1.06 bits per heavy atom. The van der Waals surface area contributed by atoms with Gasteiger partial charge in [0.2, 0.25) is 0 Å². The minimum absolute atomic E-state index is 0.0770. The Kier molecular flexibility index (Phi) is 8.43. The minimum Gasteiger partial charge on any atom is -0.486 e. The molecule has 3 amide bonds. The van der Waals surface area contributed by atoms with Crippen LogP contribution < -0.4 is 20.7 Å². The van der Waals surface area contributed by atoms with E-state index in [1.165, 1.54) is 29.5 Å². The normalized spacial score (nSPS) is 17.5. The average Bonchev–Trinajstić information content (AvgIpc) is 3.32. The molecule has 1 aromatic heterocycles. The number of amides is 3. The summed E-state index contributed by atoms with van der Waals surface area (Å²) < 4.78 is 19.0. The van der Waals surface area contributed by atoms with Gasteiger partial charge >= 0.3 is 6.03 Å². The highest BCUT2D eigenvalue weighted by Crippen LogP contribution is 2.22. The standard InChI is InChI=1S/C24H23Cl2FN4O3S/c25-14-5-8-16(9-6-14)34-12-22-29-21(13-35-22)23(32)30-19-3-1-2-4-20(19)31-24(33)28-15-7-10-18(27)17(26)11-15/h5-11,13,19-20H,1-4,12H2,(H,30,32)(H2,28,31,33). The van der Waals surface area contributed by atoms with E-state index in [0.29, 0.717) is 27.2 Å². The van der Waals surface area contributed by atoms with Crippen LogP contribution in [0, 0.1) is 5.82 Å². The Bertz CT molecular complexity index is 1190. The number of thiazole rings is 1. The topological polar surface area (TPSA) is 92.4 Å². The molecule has 0 spiro atoms. The van der Waals surface area contributed by atoms with E-state index in [2.05, 4.69) is 20.9 Å². The molecule has 0 aliphatic heterocycles. The molecule has 184 valence electrons. The van der Waals surface area contributed by atoms with E-state index >= 15 is 0 Å². The molecule has 35 heavy (non-hydrogen) atoms. The van der Waals surface area contributed by atoms with E-state index in [0.717, 1.165) is 25.7 Å². The van der Waals surface area contributed by atoms with Gasteiger partial charge in [0.1, 0.15) is 28.9 Å². The second kappa shape index (κ2) is 11.7. The number of benzene rings is 2. The molecule has 4 rings (SSSR count). The van der Waals surface area contributed by atoms with Crippen molar-refractivity contribution in [3.63, 3.8) is 0 Å². The smallest absolute Gasteiger partial charge is 0.319 e. The third kappa shape index (κ3) is 7.06. The zero-order valence-electron chi connectivity index (χ0n) is 18.5. The molecule has 2 atom stereocenters. The molecule has 2 unspecified atom stereocenters. The summed E-state index contributed by atoms with van der Waals surface area (Å²) in [5.41, 5.74) is 0.681. The number of ether oxygens (including phenoxy) is 1. The number of carbonyl (C=O) groups is 2. The van der Waals surface area contributed by atoms with Crippen molar-refractivity contribution in [2.24, 2.45) is 0 Å². The van der Waals surface area contributed by atoms with Crippen LogP contribution in [0.2, 0.25) is 10.0 Å².